The van der Waals surface area contributed by atoms with E-state index < -0.39 is 41.1 Å². The molecule has 0 aromatic carbocycles. The first kappa shape index (κ1) is 19.2. The van der Waals surface area contributed by atoms with Gasteiger partial charge in [-0.15, -0.1) is 0 Å². The van der Waals surface area contributed by atoms with Crippen LogP contribution in [0, 0.1) is 28.6 Å². The monoisotopic (exact) mass is 380 g/mol. The molecular weight excluding hydrogens is 351 g/mol. The van der Waals surface area contributed by atoms with E-state index in [0.29, 0.717) is 24.8 Å². The second-order valence-electron chi connectivity index (χ2n) is 9.65. The number of aliphatic hydroxyl groups is 3. The maximum Gasteiger partial charge on any atom is 0.190 e. The molecule has 0 spiro atoms. The maximum atomic E-state index is 15.2. The predicted molar refractivity (Wildman–Crippen MR) is 95.4 cm³/mol. The largest absolute Gasteiger partial charge is 0.393 e. The summed E-state index contributed by atoms with van der Waals surface area (Å²) >= 11 is 0. The first-order valence-electron chi connectivity index (χ1n) is 10.0. The predicted octanol–water partition coefficient (Wildman–Crippen LogP) is 1.73. The summed E-state index contributed by atoms with van der Waals surface area (Å²) in [4.78, 5) is 24.2. The zero-order valence-electron chi connectivity index (χ0n) is 15.9. The molecule has 4 aliphatic rings. The molecule has 8 atom stereocenters. The second kappa shape index (κ2) is 5.94. The second-order valence-corrected chi connectivity index (χ2v) is 9.65. The number of rotatable bonds is 2. The summed E-state index contributed by atoms with van der Waals surface area (Å²) in [5.41, 5.74) is -2.61. The van der Waals surface area contributed by atoms with Crippen molar-refractivity contribution in [1.29, 1.82) is 0 Å². The van der Waals surface area contributed by atoms with Crippen molar-refractivity contribution in [3.05, 3.63) is 11.6 Å². The Kier molecular flexibility index (Phi) is 4.23. The van der Waals surface area contributed by atoms with E-state index in [2.05, 4.69) is 0 Å². The van der Waals surface area contributed by atoms with Crippen molar-refractivity contribution >= 4 is 11.6 Å². The summed E-state index contributed by atoms with van der Waals surface area (Å²) in [6.45, 7) is 3.03. The third-order valence-electron chi connectivity index (χ3n) is 8.63. The molecule has 0 bridgehead atoms. The molecular formula is C21H29FO5. The van der Waals surface area contributed by atoms with Gasteiger partial charge in [0.15, 0.2) is 11.6 Å². The number of hydrogen-bond donors (Lipinski definition) is 3. The van der Waals surface area contributed by atoms with Crippen molar-refractivity contribution in [2.24, 2.45) is 28.6 Å². The Hall–Kier alpha value is -1.11. The Morgan fingerprint density at radius 3 is 2.70 bits per heavy atom. The van der Waals surface area contributed by atoms with Crippen LogP contribution in [0.1, 0.15) is 52.4 Å². The van der Waals surface area contributed by atoms with Crippen molar-refractivity contribution in [2.75, 3.05) is 6.61 Å². The van der Waals surface area contributed by atoms with Crippen LogP contribution in [0.5, 0.6) is 0 Å². The lowest BCUT2D eigenvalue weighted by Gasteiger charge is -2.61. The van der Waals surface area contributed by atoms with Gasteiger partial charge in [0, 0.05) is 11.8 Å². The number of carbonyl (C=O) groups is 2. The van der Waals surface area contributed by atoms with Gasteiger partial charge in [-0.3, -0.25) is 9.59 Å². The number of aliphatic hydroxyl groups excluding tert-OH is 2. The Morgan fingerprint density at radius 1 is 1.33 bits per heavy atom. The molecule has 0 aromatic rings. The summed E-state index contributed by atoms with van der Waals surface area (Å²) in [7, 11) is 0. The minimum Gasteiger partial charge on any atom is -0.393 e. The zero-order chi connectivity index (χ0) is 19.8. The quantitative estimate of drug-likeness (QED) is 0.678. The van der Waals surface area contributed by atoms with Crippen LogP contribution in [0.4, 0.5) is 4.39 Å². The number of allylic oxidation sites excluding steroid dienone is 1. The number of fused-ring (bicyclic) bond motifs is 5. The van der Waals surface area contributed by atoms with E-state index in [4.69, 9.17) is 0 Å². The summed E-state index contributed by atoms with van der Waals surface area (Å²) < 4.78 is 15.2. The lowest BCUT2D eigenvalue weighted by Crippen LogP contribution is -2.63. The summed E-state index contributed by atoms with van der Waals surface area (Å²) in [5.74, 6) is -1.11. The van der Waals surface area contributed by atoms with Gasteiger partial charge in [-0.05, 0) is 66.9 Å². The van der Waals surface area contributed by atoms with Gasteiger partial charge in [0.2, 0.25) is 0 Å². The third-order valence-corrected chi connectivity index (χ3v) is 8.63. The topological polar surface area (TPSA) is 94.8 Å². The molecule has 4 rings (SSSR count). The van der Waals surface area contributed by atoms with E-state index in [-0.39, 0.29) is 42.8 Å². The van der Waals surface area contributed by atoms with Crippen LogP contribution < -0.4 is 0 Å². The minimum absolute atomic E-state index is 0.0532. The van der Waals surface area contributed by atoms with Crippen LogP contribution in [0.25, 0.3) is 0 Å². The number of ketones is 2. The third kappa shape index (κ3) is 2.33. The van der Waals surface area contributed by atoms with E-state index in [1.807, 2.05) is 13.8 Å². The van der Waals surface area contributed by atoms with Gasteiger partial charge in [-0.1, -0.05) is 13.8 Å². The molecule has 0 unspecified atom stereocenters. The highest BCUT2D eigenvalue weighted by molar-refractivity contribution is 5.92. The first-order valence-corrected chi connectivity index (χ1v) is 10.0. The van der Waals surface area contributed by atoms with Gasteiger partial charge < -0.3 is 15.3 Å². The summed E-state index contributed by atoms with van der Waals surface area (Å²) in [5, 5.41) is 31.6. The lowest BCUT2D eigenvalue weighted by atomic mass is 9.45. The Bertz CT molecular complexity index is 719. The van der Waals surface area contributed by atoms with Gasteiger partial charge in [-0.25, -0.2) is 4.39 Å². The van der Waals surface area contributed by atoms with Crippen molar-refractivity contribution in [3.8, 4) is 0 Å². The van der Waals surface area contributed by atoms with E-state index in [0.717, 1.165) is 0 Å². The van der Waals surface area contributed by atoms with Gasteiger partial charge in [0.25, 0.3) is 0 Å². The molecule has 6 heteroatoms. The molecule has 5 nitrogen and oxygen atoms in total. The number of halogens is 1. The number of alkyl halides is 1. The van der Waals surface area contributed by atoms with Gasteiger partial charge in [0.05, 0.1) is 6.10 Å². The molecule has 0 radical (unpaired) electrons. The number of carbonyl (C=O) groups excluding carboxylic acids is 2. The first-order chi connectivity index (χ1) is 12.6. The van der Waals surface area contributed by atoms with Crippen molar-refractivity contribution in [3.63, 3.8) is 0 Å². The van der Waals surface area contributed by atoms with Crippen LogP contribution in [-0.2, 0) is 9.59 Å². The normalized spacial score (nSPS) is 51.9. The summed E-state index contributed by atoms with van der Waals surface area (Å²) in [6.07, 6.45) is 1.57. The molecule has 0 heterocycles. The van der Waals surface area contributed by atoms with Crippen LogP contribution in [0.2, 0.25) is 0 Å². The highest BCUT2D eigenvalue weighted by Crippen LogP contribution is 2.67. The average Bonchev–Trinajstić information content (AvgIpc) is 2.87. The molecule has 3 fully saturated rings. The zero-order valence-corrected chi connectivity index (χ0v) is 15.9. The van der Waals surface area contributed by atoms with E-state index in [9.17, 15) is 24.9 Å². The van der Waals surface area contributed by atoms with Gasteiger partial charge in [0.1, 0.15) is 18.4 Å². The van der Waals surface area contributed by atoms with Crippen LogP contribution in [0.3, 0.4) is 0 Å². The molecule has 0 amide bonds. The summed E-state index contributed by atoms with van der Waals surface area (Å²) in [6, 6.07) is 0. The lowest BCUT2D eigenvalue weighted by molar-refractivity contribution is -0.185. The molecule has 0 aliphatic heterocycles. The van der Waals surface area contributed by atoms with Crippen LogP contribution >= 0.6 is 0 Å². The number of Topliss-reactive ketones (excluding diaryl/α,β-unsaturated/α-hetero) is 1. The fourth-order valence-corrected chi connectivity index (χ4v) is 7.29. The Labute approximate surface area is 158 Å². The van der Waals surface area contributed by atoms with Crippen LogP contribution in [0.15, 0.2) is 11.6 Å². The molecule has 4 aliphatic carbocycles. The maximum absolute atomic E-state index is 15.2. The fraction of sp³-hybridized carbons (Fsp3) is 0.810. The average molecular weight is 380 g/mol. The smallest absolute Gasteiger partial charge is 0.190 e. The highest BCUT2D eigenvalue weighted by Gasteiger charge is 2.69. The Balaban J connectivity index is 1.77. The van der Waals surface area contributed by atoms with Crippen molar-refractivity contribution < 1.29 is 29.3 Å². The van der Waals surface area contributed by atoms with Gasteiger partial charge in [-0.2, -0.15) is 0 Å². The van der Waals surface area contributed by atoms with E-state index in [1.165, 1.54) is 6.08 Å². The van der Waals surface area contributed by atoms with Crippen molar-refractivity contribution in [1.82, 2.24) is 0 Å². The molecule has 27 heavy (non-hydrogen) atoms. The van der Waals surface area contributed by atoms with Crippen molar-refractivity contribution in [2.45, 2.75) is 70.2 Å². The fourth-order valence-electron chi connectivity index (χ4n) is 7.29. The molecule has 0 saturated heterocycles. The van der Waals surface area contributed by atoms with E-state index in [1.54, 1.807) is 0 Å². The molecule has 3 saturated carbocycles. The molecule has 3 N–H and O–H groups in total. The molecule has 150 valence electrons. The SMILES string of the molecule is C[C@]12CCC(=O)C=C1[C@@H](F)C[C@@H]1[C@@H]2[C@H](O)C[C@]2(C)[C@H]1CC[C@]2(O)C(=O)CO. The molecule has 0 aromatic heterocycles. The van der Waals surface area contributed by atoms with Crippen LogP contribution in [-0.4, -0.2) is 51.4 Å². The standard InChI is InChI=1S/C21H29FO5/c1-19-5-3-11(24)7-14(19)15(22)8-12-13-4-6-21(27,17(26)10-23)20(13,2)9-16(25)18(12)19/h7,12-13,15-16,18,23,25,27H,3-6,8-10H2,1-2H3/t12-,13-,15-,16+,18+,19-,20+,21-/m0/s1. The van der Waals surface area contributed by atoms with Gasteiger partial charge >= 0.3 is 0 Å². The number of hydrogen-bond acceptors (Lipinski definition) is 5. The highest BCUT2D eigenvalue weighted by atomic mass is 19.1. The van der Waals surface area contributed by atoms with E-state index >= 15 is 4.39 Å². The minimum atomic E-state index is -1.68. The Morgan fingerprint density at radius 2 is 2.04 bits per heavy atom.